The van der Waals surface area contributed by atoms with Crippen LogP contribution < -0.4 is 5.32 Å². The second-order valence-electron chi connectivity index (χ2n) is 8.75. The van der Waals surface area contributed by atoms with Crippen molar-refractivity contribution in [2.75, 3.05) is 19.7 Å². The predicted octanol–water partition coefficient (Wildman–Crippen LogP) is 2.53. The van der Waals surface area contributed by atoms with Crippen molar-refractivity contribution in [1.82, 2.24) is 10.2 Å². The molecular weight excluding hydrogens is 454 g/mol. The SMILES string of the molecule is CC(CCc1ccccc1)NC(=O)COC(=O)C1CCN(C2=NS(=O)(=O)c3ccccc32)CC1. The Kier molecular flexibility index (Phi) is 7.31. The number of hydrogen-bond donors (Lipinski definition) is 1. The molecule has 2 aromatic carbocycles. The molecule has 1 saturated heterocycles. The highest BCUT2D eigenvalue weighted by Gasteiger charge is 2.34. The predicted molar refractivity (Wildman–Crippen MR) is 128 cm³/mol. The number of piperidine rings is 1. The minimum absolute atomic E-state index is 0.0269. The summed E-state index contributed by atoms with van der Waals surface area (Å²) in [5.41, 5.74) is 1.81. The first-order valence-corrected chi connectivity index (χ1v) is 13.0. The van der Waals surface area contributed by atoms with Crippen LogP contribution in [0, 0.1) is 5.92 Å². The van der Waals surface area contributed by atoms with Gasteiger partial charge in [0.25, 0.3) is 15.9 Å². The summed E-state index contributed by atoms with van der Waals surface area (Å²) in [5, 5.41) is 2.87. The molecule has 0 radical (unpaired) electrons. The molecule has 8 nitrogen and oxygen atoms in total. The van der Waals surface area contributed by atoms with Gasteiger partial charge in [0.05, 0.1) is 5.92 Å². The number of hydrogen-bond acceptors (Lipinski definition) is 6. The maximum absolute atomic E-state index is 12.5. The van der Waals surface area contributed by atoms with Crippen molar-refractivity contribution in [2.24, 2.45) is 10.3 Å². The van der Waals surface area contributed by atoms with E-state index in [1.807, 2.05) is 30.0 Å². The molecule has 0 bridgehead atoms. The van der Waals surface area contributed by atoms with E-state index in [-0.39, 0.29) is 29.4 Å². The Morgan fingerprint density at radius 2 is 1.76 bits per heavy atom. The molecular formula is C25H29N3O5S. The molecule has 4 rings (SSSR count). The zero-order valence-electron chi connectivity index (χ0n) is 19.1. The van der Waals surface area contributed by atoms with Gasteiger partial charge < -0.3 is 15.0 Å². The van der Waals surface area contributed by atoms with Gasteiger partial charge in [0.1, 0.15) is 4.90 Å². The lowest BCUT2D eigenvalue weighted by Crippen LogP contribution is -2.41. The molecule has 1 fully saturated rings. The van der Waals surface area contributed by atoms with Gasteiger partial charge in [-0.25, -0.2) is 0 Å². The second-order valence-corrected chi connectivity index (χ2v) is 10.3. The summed E-state index contributed by atoms with van der Waals surface area (Å²) in [6.45, 7) is 2.62. The van der Waals surface area contributed by atoms with E-state index in [0.717, 1.165) is 12.8 Å². The number of carbonyl (C=O) groups is 2. The summed E-state index contributed by atoms with van der Waals surface area (Å²) in [6, 6.07) is 16.8. The largest absolute Gasteiger partial charge is 0.455 e. The number of sulfonamides is 1. The van der Waals surface area contributed by atoms with Crippen LogP contribution in [-0.4, -0.2) is 56.8 Å². The van der Waals surface area contributed by atoms with Crippen LogP contribution in [0.3, 0.4) is 0 Å². The minimum atomic E-state index is -3.67. The number of likely N-dealkylation sites (tertiary alicyclic amines) is 1. The topological polar surface area (TPSA) is 105 Å². The number of nitrogens with zero attached hydrogens (tertiary/aromatic N) is 2. The van der Waals surface area contributed by atoms with E-state index in [0.29, 0.717) is 37.3 Å². The van der Waals surface area contributed by atoms with E-state index >= 15 is 0 Å². The fourth-order valence-electron chi connectivity index (χ4n) is 4.31. The zero-order chi connectivity index (χ0) is 24.1. The molecule has 1 unspecified atom stereocenters. The van der Waals surface area contributed by atoms with Crippen LogP contribution in [-0.2, 0) is 30.8 Å². The van der Waals surface area contributed by atoms with Gasteiger partial charge in [0.15, 0.2) is 12.4 Å². The summed E-state index contributed by atoms with van der Waals surface area (Å²) in [5.74, 6) is -0.596. The highest BCUT2D eigenvalue weighted by molar-refractivity contribution is 7.90. The number of carbonyl (C=O) groups excluding carboxylic acids is 2. The van der Waals surface area contributed by atoms with Crippen LogP contribution in [0.1, 0.15) is 37.3 Å². The van der Waals surface area contributed by atoms with Gasteiger partial charge in [-0.1, -0.05) is 42.5 Å². The second kappa shape index (κ2) is 10.4. The van der Waals surface area contributed by atoms with Gasteiger partial charge in [-0.3, -0.25) is 9.59 Å². The third-order valence-corrected chi connectivity index (χ3v) is 7.53. The molecule has 0 aromatic heterocycles. The maximum Gasteiger partial charge on any atom is 0.309 e. The van der Waals surface area contributed by atoms with Gasteiger partial charge in [0, 0.05) is 24.7 Å². The first kappa shape index (κ1) is 23.9. The van der Waals surface area contributed by atoms with Crippen molar-refractivity contribution >= 4 is 27.7 Å². The number of fused-ring (bicyclic) bond motifs is 1. The van der Waals surface area contributed by atoms with E-state index in [2.05, 4.69) is 21.8 Å². The average Bonchev–Trinajstić information content (AvgIpc) is 3.13. The van der Waals surface area contributed by atoms with E-state index in [1.165, 1.54) is 5.56 Å². The van der Waals surface area contributed by atoms with Crippen molar-refractivity contribution in [3.8, 4) is 0 Å². The quantitative estimate of drug-likeness (QED) is 0.607. The van der Waals surface area contributed by atoms with E-state index < -0.39 is 16.0 Å². The Morgan fingerprint density at radius 1 is 1.09 bits per heavy atom. The molecule has 2 heterocycles. The van der Waals surface area contributed by atoms with Gasteiger partial charge in [-0.2, -0.15) is 8.42 Å². The highest BCUT2D eigenvalue weighted by atomic mass is 32.2. The fourth-order valence-corrected chi connectivity index (χ4v) is 5.54. The van der Waals surface area contributed by atoms with E-state index in [1.54, 1.807) is 24.3 Å². The molecule has 0 saturated carbocycles. The smallest absolute Gasteiger partial charge is 0.309 e. The van der Waals surface area contributed by atoms with Crippen molar-refractivity contribution in [1.29, 1.82) is 0 Å². The van der Waals surface area contributed by atoms with Gasteiger partial charge >= 0.3 is 5.97 Å². The molecule has 1 atom stereocenters. The Balaban J connectivity index is 1.20. The Morgan fingerprint density at radius 3 is 2.50 bits per heavy atom. The summed E-state index contributed by atoms with van der Waals surface area (Å²) in [6.07, 6.45) is 2.67. The summed E-state index contributed by atoms with van der Waals surface area (Å²) >= 11 is 0. The monoisotopic (exact) mass is 483 g/mol. The zero-order valence-corrected chi connectivity index (χ0v) is 20.0. The van der Waals surface area contributed by atoms with E-state index in [4.69, 9.17) is 4.74 Å². The molecule has 34 heavy (non-hydrogen) atoms. The summed E-state index contributed by atoms with van der Waals surface area (Å²) in [7, 11) is -3.67. The number of amides is 1. The summed E-state index contributed by atoms with van der Waals surface area (Å²) < 4.78 is 33.8. The number of nitrogens with one attached hydrogen (secondary N) is 1. The molecule has 9 heteroatoms. The lowest BCUT2D eigenvalue weighted by atomic mass is 9.96. The molecule has 0 aliphatic carbocycles. The van der Waals surface area contributed by atoms with Crippen LogP contribution >= 0.6 is 0 Å². The number of ether oxygens (including phenoxy) is 1. The summed E-state index contributed by atoms with van der Waals surface area (Å²) in [4.78, 5) is 26.8. The lowest BCUT2D eigenvalue weighted by Gasteiger charge is -2.32. The van der Waals surface area contributed by atoms with Crippen molar-refractivity contribution in [2.45, 2.75) is 43.5 Å². The molecule has 1 N–H and O–H groups in total. The molecule has 2 aliphatic heterocycles. The molecule has 2 aromatic rings. The van der Waals surface area contributed by atoms with Crippen molar-refractivity contribution in [3.05, 3.63) is 65.7 Å². The van der Waals surface area contributed by atoms with Gasteiger partial charge in [0.2, 0.25) is 0 Å². The molecule has 2 aliphatic rings. The number of aryl methyl sites for hydroxylation is 1. The highest BCUT2D eigenvalue weighted by Crippen LogP contribution is 2.29. The molecule has 1 amide bonds. The van der Waals surface area contributed by atoms with Crippen LogP contribution in [0.5, 0.6) is 0 Å². The number of benzene rings is 2. The Hall–Kier alpha value is -3.20. The van der Waals surface area contributed by atoms with Gasteiger partial charge in [-0.15, -0.1) is 4.40 Å². The van der Waals surface area contributed by atoms with Crippen molar-refractivity contribution in [3.63, 3.8) is 0 Å². The molecule has 180 valence electrons. The third kappa shape index (κ3) is 5.64. The molecule has 0 spiro atoms. The Labute approximate surface area is 200 Å². The van der Waals surface area contributed by atoms with Gasteiger partial charge in [-0.05, 0) is 50.3 Å². The minimum Gasteiger partial charge on any atom is -0.455 e. The lowest BCUT2D eigenvalue weighted by molar-refractivity contribution is -0.153. The third-order valence-electron chi connectivity index (χ3n) is 6.20. The van der Waals surface area contributed by atoms with E-state index in [9.17, 15) is 18.0 Å². The first-order valence-electron chi connectivity index (χ1n) is 11.5. The normalized spacial score (nSPS) is 18.0. The van der Waals surface area contributed by atoms with Crippen LogP contribution in [0.25, 0.3) is 0 Å². The van der Waals surface area contributed by atoms with Crippen LogP contribution in [0.2, 0.25) is 0 Å². The number of esters is 1. The number of rotatable bonds is 7. The fraction of sp³-hybridized carbons (Fsp3) is 0.400. The first-order chi connectivity index (χ1) is 16.3. The van der Waals surface area contributed by atoms with Crippen molar-refractivity contribution < 1.29 is 22.7 Å². The Bertz CT molecular complexity index is 1170. The maximum atomic E-state index is 12.5. The van der Waals surface area contributed by atoms with Crippen LogP contribution in [0.4, 0.5) is 0 Å². The number of amidine groups is 1. The standard InChI is InChI=1S/C25H29N3O5S/c1-18(11-12-19-7-3-2-4-8-19)26-23(29)17-33-25(30)20-13-15-28(16-14-20)24-21-9-5-6-10-22(21)34(31,32)27-24/h2-10,18,20H,11-17H2,1H3,(H,26,29). The average molecular weight is 484 g/mol. The van der Waals surface area contributed by atoms with Crippen LogP contribution in [0.15, 0.2) is 63.9 Å².